The van der Waals surface area contributed by atoms with E-state index in [1.54, 1.807) is 0 Å². The van der Waals surface area contributed by atoms with Gasteiger partial charge < -0.3 is 10.6 Å². The first kappa shape index (κ1) is 11.8. The van der Waals surface area contributed by atoms with Gasteiger partial charge in [-0.2, -0.15) is 0 Å². The van der Waals surface area contributed by atoms with E-state index in [0.717, 1.165) is 24.3 Å². The lowest BCUT2D eigenvalue weighted by molar-refractivity contribution is 0.726. The predicted molar refractivity (Wildman–Crippen MR) is 74.0 cm³/mol. The number of nitrogens with zero attached hydrogens (tertiary/aromatic N) is 1. The molecule has 0 spiro atoms. The molecule has 2 rings (SSSR count). The average molecular weight is 283 g/mol. The van der Waals surface area contributed by atoms with Crippen LogP contribution in [0.2, 0.25) is 0 Å². The Balaban J connectivity index is 2.27. The molecule has 0 atom stereocenters. The maximum absolute atomic E-state index is 5.99. The van der Waals surface area contributed by atoms with Crippen LogP contribution in [0, 0.1) is 6.92 Å². The molecule has 1 fully saturated rings. The Morgan fingerprint density at radius 2 is 1.75 bits per heavy atom. The molecule has 0 saturated carbocycles. The van der Waals surface area contributed by atoms with Gasteiger partial charge in [0, 0.05) is 23.2 Å². The van der Waals surface area contributed by atoms with Gasteiger partial charge in [-0.15, -0.1) is 0 Å². The van der Waals surface area contributed by atoms with Crippen molar-refractivity contribution >= 4 is 27.3 Å². The van der Waals surface area contributed by atoms with Gasteiger partial charge in [-0.05, 0) is 53.4 Å². The minimum Gasteiger partial charge on any atom is -0.398 e. The van der Waals surface area contributed by atoms with Crippen LogP contribution in [-0.2, 0) is 0 Å². The zero-order valence-corrected chi connectivity index (χ0v) is 11.4. The fourth-order valence-corrected chi connectivity index (χ4v) is 2.94. The monoisotopic (exact) mass is 282 g/mol. The van der Waals surface area contributed by atoms with Crippen LogP contribution in [-0.4, -0.2) is 13.1 Å². The molecule has 0 unspecified atom stereocenters. The first-order valence-electron chi connectivity index (χ1n) is 5.99. The van der Waals surface area contributed by atoms with Gasteiger partial charge >= 0.3 is 0 Å². The first-order valence-corrected chi connectivity index (χ1v) is 6.78. The fourth-order valence-electron chi connectivity index (χ4n) is 2.23. The summed E-state index contributed by atoms with van der Waals surface area (Å²) >= 11 is 3.65. The van der Waals surface area contributed by atoms with Crippen LogP contribution in [0.1, 0.15) is 31.2 Å². The molecule has 0 aromatic heterocycles. The second-order valence-corrected chi connectivity index (χ2v) is 5.42. The Labute approximate surface area is 106 Å². The first-order chi connectivity index (χ1) is 7.68. The topological polar surface area (TPSA) is 29.3 Å². The molecule has 1 aliphatic heterocycles. The van der Waals surface area contributed by atoms with E-state index in [9.17, 15) is 0 Å². The van der Waals surface area contributed by atoms with Crippen LogP contribution in [0.4, 0.5) is 11.4 Å². The van der Waals surface area contributed by atoms with Gasteiger partial charge in [0.05, 0.1) is 5.69 Å². The lowest BCUT2D eigenvalue weighted by atomic mass is 10.1. The molecule has 88 valence electrons. The van der Waals surface area contributed by atoms with Gasteiger partial charge in [0.25, 0.3) is 0 Å². The number of nitrogen functional groups attached to an aromatic ring is 1. The van der Waals surface area contributed by atoms with Gasteiger partial charge in [-0.1, -0.05) is 12.8 Å². The third kappa shape index (κ3) is 2.51. The number of anilines is 2. The van der Waals surface area contributed by atoms with Gasteiger partial charge in [0.2, 0.25) is 0 Å². The van der Waals surface area contributed by atoms with Gasteiger partial charge in [0.15, 0.2) is 0 Å². The highest BCUT2D eigenvalue weighted by Gasteiger charge is 2.13. The molecule has 0 amide bonds. The standard InChI is InChI=1S/C13H19BrN2/c1-10-8-11(14)13(9-12(10)15)16-6-4-2-3-5-7-16/h8-9H,2-7,15H2,1H3. The summed E-state index contributed by atoms with van der Waals surface area (Å²) in [6, 6.07) is 4.22. The summed E-state index contributed by atoms with van der Waals surface area (Å²) in [5.74, 6) is 0. The van der Waals surface area contributed by atoms with Crippen LogP contribution in [0.15, 0.2) is 16.6 Å². The molecule has 0 aliphatic carbocycles. The van der Waals surface area contributed by atoms with Crippen molar-refractivity contribution in [3.05, 3.63) is 22.2 Å². The largest absolute Gasteiger partial charge is 0.398 e. The van der Waals surface area contributed by atoms with E-state index < -0.39 is 0 Å². The highest BCUT2D eigenvalue weighted by molar-refractivity contribution is 9.10. The Hall–Kier alpha value is -0.700. The summed E-state index contributed by atoms with van der Waals surface area (Å²) in [5.41, 5.74) is 9.28. The lowest BCUT2D eigenvalue weighted by Crippen LogP contribution is -2.24. The highest BCUT2D eigenvalue weighted by Crippen LogP contribution is 2.32. The molecule has 0 radical (unpaired) electrons. The number of rotatable bonds is 1. The van der Waals surface area contributed by atoms with Crippen molar-refractivity contribution in [2.24, 2.45) is 0 Å². The smallest absolute Gasteiger partial charge is 0.0531 e. The van der Waals surface area contributed by atoms with E-state index in [4.69, 9.17) is 5.73 Å². The van der Waals surface area contributed by atoms with Gasteiger partial charge in [-0.25, -0.2) is 0 Å². The summed E-state index contributed by atoms with van der Waals surface area (Å²) in [7, 11) is 0. The Bertz CT molecular complexity index is 368. The van der Waals surface area contributed by atoms with Gasteiger partial charge in [-0.3, -0.25) is 0 Å². The van der Waals surface area contributed by atoms with E-state index in [0.29, 0.717) is 0 Å². The minimum atomic E-state index is 0.891. The number of hydrogen-bond donors (Lipinski definition) is 1. The number of aryl methyl sites for hydroxylation is 1. The third-order valence-electron chi connectivity index (χ3n) is 3.28. The van der Waals surface area contributed by atoms with Crippen LogP contribution >= 0.6 is 15.9 Å². The molecule has 1 saturated heterocycles. The van der Waals surface area contributed by atoms with Gasteiger partial charge in [0.1, 0.15) is 0 Å². The van der Waals surface area contributed by atoms with E-state index in [2.05, 4.69) is 33.0 Å². The van der Waals surface area contributed by atoms with Crippen molar-refractivity contribution in [3.8, 4) is 0 Å². The summed E-state index contributed by atoms with van der Waals surface area (Å²) < 4.78 is 1.17. The molecule has 1 aromatic rings. The predicted octanol–water partition coefficient (Wildman–Crippen LogP) is 3.72. The molecule has 1 heterocycles. The van der Waals surface area contributed by atoms with E-state index in [1.165, 1.54) is 35.8 Å². The normalized spacial score (nSPS) is 17.2. The fraction of sp³-hybridized carbons (Fsp3) is 0.538. The molecule has 3 heteroatoms. The maximum Gasteiger partial charge on any atom is 0.0531 e. The number of benzene rings is 1. The van der Waals surface area contributed by atoms with Crippen LogP contribution < -0.4 is 10.6 Å². The van der Waals surface area contributed by atoms with Crippen LogP contribution in [0.3, 0.4) is 0 Å². The number of nitrogens with two attached hydrogens (primary N) is 1. The molecule has 1 aliphatic rings. The summed E-state index contributed by atoms with van der Waals surface area (Å²) in [6.45, 7) is 4.36. The summed E-state index contributed by atoms with van der Waals surface area (Å²) in [6.07, 6.45) is 5.30. The SMILES string of the molecule is Cc1cc(Br)c(N2CCCCCC2)cc1N. The molecule has 2 nitrogen and oxygen atoms in total. The zero-order chi connectivity index (χ0) is 11.5. The third-order valence-corrected chi connectivity index (χ3v) is 3.92. The van der Waals surface area contributed by atoms with E-state index in [-0.39, 0.29) is 0 Å². The number of hydrogen-bond acceptors (Lipinski definition) is 2. The molecule has 0 bridgehead atoms. The zero-order valence-electron chi connectivity index (χ0n) is 9.80. The van der Waals surface area contributed by atoms with Crippen molar-refractivity contribution in [1.82, 2.24) is 0 Å². The van der Waals surface area contributed by atoms with Crippen molar-refractivity contribution in [3.63, 3.8) is 0 Å². The van der Waals surface area contributed by atoms with E-state index in [1.807, 2.05) is 6.92 Å². The average Bonchev–Trinajstić information content (AvgIpc) is 2.52. The molecular formula is C13H19BrN2. The molecular weight excluding hydrogens is 264 g/mol. The Morgan fingerprint density at radius 1 is 1.12 bits per heavy atom. The highest BCUT2D eigenvalue weighted by atomic mass is 79.9. The van der Waals surface area contributed by atoms with Crippen LogP contribution in [0.5, 0.6) is 0 Å². The van der Waals surface area contributed by atoms with E-state index >= 15 is 0 Å². The molecule has 16 heavy (non-hydrogen) atoms. The second kappa shape index (κ2) is 5.09. The minimum absolute atomic E-state index is 0.891. The Morgan fingerprint density at radius 3 is 2.38 bits per heavy atom. The quantitative estimate of drug-likeness (QED) is 0.796. The van der Waals surface area contributed by atoms with Crippen molar-refractivity contribution in [2.75, 3.05) is 23.7 Å². The molecule has 2 N–H and O–H groups in total. The number of halogens is 1. The summed E-state index contributed by atoms with van der Waals surface area (Å²) in [5, 5.41) is 0. The molecule has 1 aromatic carbocycles. The summed E-state index contributed by atoms with van der Waals surface area (Å²) in [4.78, 5) is 2.45. The Kier molecular flexibility index (Phi) is 3.74. The van der Waals surface area contributed by atoms with Crippen molar-refractivity contribution in [2.45, 2.75) is 32.6 Å². The van der Waals surface area contributed by atoms with Crippen LogP contribution in [0.25, 0.3) is 0 Å². The second-order valence-electron chi connectivity index (χ2n) is 4.56. The van der Waals surface area contributed by atoms with Crippen molar-refractivity contribution < 1.29 is 0 Å². The lowest BCUT2D eigenvalue weighted by Gasteiger charge is -2.24. The van der Waals surface area contributed by atoms with Crippen molar-refractivity contribution in [1.29, 1.82) is 0 Å². The maximum atomic E-state index is 5.99.